The molecule has 0 aromatic rings. The molecule has 0 amide bonds. The molecule has 0 radical (unpaired) electrons. The second kappa shape index (κ2) is 3.56. The van der Waals surface area contributed by atoms with Crippen LogP contribution >= 0.6 is 0 Å². The molecular formula is C7H15N3. The predicted molar refractivity (Wildman–Crippen MR) is 43.1 cm³/mol. The van der Waals surface area contributed by atoms with Gasteiger partial charge < -0.3 is 10.7 Å². The van der Waals surface area contributed by atoms with Gasteiger partial charge in [-0.1, -0.05) is 6.92 Å². The van der Waals surface area contributed by atoms with E-state index in [1.54, 1.807) is 0 Å². The minimum Gasteiger partial charge on any atom is -0.316 e. The molecule has 1 unspecified atom stereocenters. The van der Waals surface area contributed by atoms with Crippen molar-refractivity contribution in [2.75, 3.05) is 20.1 Å². The molecule has 0 saturated carbocycles. The summed E-state index contributed by atoms with van der Waals surface area (Å²) >= 11 is 0. The Kier molecular flexibility index (Phi) is 2.68. The lowest BCUT2D eigenvalue weighted by atomic mass is 10.00. The fourth-order valence-electron chi connectivity index (χ4n) is 1.21. The van der Waals surface area contributed by atoms with Gasteiger partial charge in [-0.05, 0) is 0 Å². The summed E-state index contributed by atoms with van der Waals surface area (Å²) in [4.78, 5) is 0. The molecule has 0 aliphatic carbocycles. The van der Waals surface area contributed by atoms with Gasteiger partial charge >= 0.3 is 0 Å². The normalized spacial score (nSPS) is 30.6. The Morgan fingerprint density at radius 1 is 1.70 bits per heavy atom. The van der Waals surface area contributed by atoms with Crippen molar-refractivity contribution in [1.29, 1.82) is 0 Å². The van der Waals surface area contributed by atoms with E-state index in [2.05, 4.69) is 22.8 Å². The van der Waals surface area contributed by atoms with Crippen LogP contribution in [0.1, 0.15) is 13.3 Å². The Bertz CT molecular complexity index is 131. The molecule has 2 N–H and O–H groups in total. The molecule has 1 rings (SSSR count). The molecule has 10 heavy (non-hydrogen) atoms. The van der Waals surface area contributed by atoms with Gasteiger partial charge in [0, 0.05) is 38.2 Å². The van der Waals surface area contributed by atoms with Crippen LogP contribution < -0.4 is 10.7 Å². The van der Waals surface area contributed by atoms with E-state index in [0.717, 1.165) is 19.5 Å². The molecule has 3 heteroatoms. The molecule has 0 spiro atoms. The van der Waals surface area contributed by atoms with Crippen LogP contribution in [0.5, 0.6) is 0 Å². The second-order valence-corrected chi connectivity index (χ2v) is 2.68. The first-order valence-electron chi connectivity index (χ1n) is 3.78. The van der Waals surface area contributed by atoms with E-state index in [-0.39, 0.29) is 0 Å². The van der Waals surface area contributed by atoms with Crippen LogP contribution in [0.4, 0.5) is 0 Å². The minimum atomic E-state index is 0.598. The lowest BCUT2D eigenvalue weighted by Crippen LogP contribution is -2.36. The molecule has 1 fully saturated rings. The second-order valence-electron chi connectivity index (χ2n) is 2.68. The summed E-state index contributed by atoms with van der Waals surface area (Å²) in [6.07, 6.45) is 1.09. The number of rotatable bonds is 1. The van der Waals surface area contributed by atoms with E-state index in [0.29, 0.717) is 5.92 Å². The molecule has 1 aliphatic rings. The Morgan fingerprint density at radius 3 is 3.10 bits per heavy atom. The van der Waals surface area contributed by atoms with Crippen LogP contribution in [0.3, 0.4) is 0 Å². The van der Waals surface area contributed by atoms with Crippen LogP contribution in [0.25, 0.3) is 0 Å². The number of nitrogens with zero attached hydrogens (tertiary/aromatic N) is 1. The first-order chi connectivity index (χ1) is 4.84. The molecule has 1 saturated heterocycles. The highest BCUT2D eigenvalue weighted by molar-refractivity contribution is 5.87. The van der Waals surface area contributed by atoms with E-state index in [1.807, 2.05) is 7.05 Å². The predicted octanol–water partition coefficient (Wildman–Crippen LogP) is 0.191. The van der Waals surface area contributed by atoms with Gasteiger partial charge in [-0.25, -0.2) is 0 Å². The van der Waals surface area contributed by atoms with E-state index < -0.39 is 0 Å². The summed E-state index contributed by atoms with van der Waals surface area (Å²) in [6, 6.07) is 0. The number of hydrazone groups is 1. The van der Waals surface area contributed by atoms with Crippen LogP contribution in [0, 0.1) is 5.92 Å². The number of hydrogen-bond donors (Lipinski definition) is 2. The van der Waals surface area contributed by atoms with Gasteiger partial charge in [0.1, 0.15) is 0 Å². The van der Waals surface area contributed by atoms with Crippen molar-refractivity contribution >= 4 is 5.71 Å². The highest BCUT2D eigenvalue weighted by atomic mass is 15.3. The third-order valence-electron chi connectivity index (χ3n) is 1.83. The minimum absolute atomic E-state index is 0.598. The van der Waals surface area contributed by atoms with Crippen LogP contribution in [-0.2, 0) is 0 Å². The molecular weight excluding hydrogens is 126 g/mol. The maximum Gasteiger partial charge on any atom is 0.0431 e. The number of hydrogen-bond acceptors (Lipinski definition) is 3. The number of piperidine rings is 1. The highest BCUT2D eigenvalue weighted by Gasteiger charge is 2.14. The van der Waals surface area contributed by atoms with Gasteiger partial charge in [-0.2, -0.15) is 5.10 Å². The highest BCUT2D eigenvalue weighted by Crippen LogP contribution is 2.05. The standard InChI is InChI=1S/C7H15N3/c1-6-5-9-4-3-7(6)10-8-2/h6,8-9H,3-5H2,1-2H3/b10-7-. The zero-order valence-electron chi connectivity index (χ0n) is 6.65. The lowest BCUT2D eigenvalue weighted by Gasteiger charge is -2.20. The Balaban J connectivity index is 2.47. The van der Waals surface area contributed by atoms with Gasteiger partial charge in [0.25, 0.3) is 0 Å². The summed E-state index contributed by atoms with van der Waals surface area (Å²) < 4.78 is 0. The third-order valence-corrected chi connectivity index (χ3v) is 1.83. The van der Waals surface area contributed by atoms with Crippen molar-refractivity contribution in [3.8, 4) is 0 Å². The van der Waals surface area contributed by atoms with Crippen molar-refractivity contribution in [2.45, 2.75) is 13.3 Å². The first kappa shape index (κ1) is 7.54. The maximum absolute atomic E-state index is 4.19. The van der Waals surface area contributed by atoms with Gasteiger partial charge in [-0.3, -0.25) is 0 Å². The topological polar surface area (TPSA) is 36.4 Å². The van der Waals surface area contributed by atoms with Crippen molar-refractivity contribution in [3.63, 3.8) is 0 Å². The largest absolute Gasteiger partial charge is 0.316 e. The SMILES string of the molecule is CN/N=C1/CCNCC1C. The molecule has 1 heterocycles. The molecule has 3 nitrogen and oxygen atoms in total. The van der Waals surface area contributed by atoms with Crippen LogP contribution in [0.2, 0.25) is 0 Å². The lowest BCUT2D eigenvalue weighted by molar-refractivity contribution is 0.568. The molecule has 0 aromatic carbocycles. The van der Waals surface area contributed by atoms with Crippen molar-refractivity contribution in [3.05, 3.63) is 0 Å². The smallest absolute Gasteiger partial charge is 0.0431 e. The quantitative estimate of drug-likeness (QED) is 0.511. The number of nitrogens with one attached hydrogen (secondary N) is 2. The maximum atomic E-state index is 4.19. The summed E-state index contributed by atoms with van der Waals surface area (Å²) in [5.74, 6) is 0.598. The average molecular weight is 141 g/mol. The van der Waals surface area contributed by atoms with Crippen molar-refractivity contribution in [2.24, 2.45) is 11.0 Å². The van der Waals surface area contributed by atoms with E-state index in [4.69, 9.17) is 0 Å². The zero-order chi connectivity index (χ0) is 7.40. The zero-order valence-corrected chi connectivity index (χ0v) is 6.65. The molecule has 0 aromatic heterocycles. The Labute approximate surface area is 61.9 Å². The van der Waals surface area contributed by atoms with E-state index in [9.17, 15) is 0 Å². The average Bonchev–Trinajstić information content (AvgIpc) is 1.94. The van der Waals surface area contributed by atoms with Crippen molar-refractivity contribution < 1.29 is 0 Å². The van der Waals surface area contributed by atoms with Crippen molar-refractivity contribution in [1.82, 2.24) is 10.7 Å². The third kappa shape index (κ3) is 1.70. The summed E-state index contributed by atoms with van der Waals surface area (Å²) in [5, 5.41) is 7.51. The summed E-state index contributed by atoms with van der Waals surface area (Å²) in [7, 11) is 1.85. The Hall–Kier alpha value is -0.570. The van der Waals surface area contributed by atoms with E-state index >= 15 is 0 Å². The summed E-state index contributed by atoms with van der Waals surface area (Å²) in [5.41, 5.74) is 4.12. The molecule has 1 atom stereocenters. The van der Waals surface area contributed by atoms with Crippen LogP contribution in [0.15, 0.2) is 5.10 Å². The fraction of sp³-hybridized carbons (Fsp3) is 0.857. The van der Waals surface area contributed by atoms with Crippen LogP contribution in [-0.4, -0.2) is 25.8 Å². The van der Waals surface area contributed by atoms with E-state index in [1.165, 1.54) is 5.71 Å². The van der Waals surface area contributed by atoms with Gasteiger partial charge in [0.15, 0.2) is 0 Å². The fourth-order valence-corrected chi connectivity index (χ4v) is 1.21. The molecule has 0 bridgehead atoms. The van der Waals surface area contributed by atoms with Gasteiger partial charge in [0.05, 0.1) is 0 Å². The monoisotopic (exact) mass is 141 g/mol. The first-order valence-corrected chi connectivity index (χ1v) is 3.78. The van der Waals surface area contributed by atoms with Gasteiger partial charge in [-0.15, -0.1) is 0 Å². The molecule has 1 aliphatic heterocycles. The Morgan fingerprint density at radius 2 is 2.50 bits per heavy atom. The molecule has 58 valence electrons. The summed E-state index contributed by atoms with van der Waals surface area (Å²) in [6.45, 7) is 4.34. The van der Waals surface area contributed by atoms with Gasteiger partial charge in [0.2, 0.25) is 0 Å².